The summed E-state index contributed by atoms with van der Waals surface area (Å²) in [7, 11) is 4.68. The van der Waals surface area contributed by atoms with Crippen LogP contribution in [0, 0.1) is 0 Å². The number of methoxy groups -OCH3 is 3. The second kappa shape index (κ2) is 8.04. The van der Waals surface area contributed by atoms with Crippen LogP contribution in [-0.4, -0.2) is 37.7 Å². The fourth-order valence-corrected chi connectivity index (χ4v) is 3.05. The zero-order valence-corrected chi connectivity index (χ0v) is 16.2. The molecule has 0 aliphatic rings. The van der Waals surface area contributed by atoms with Crippen molar-refractivity contribution in [3.05, 3.63) is 53.7 Å². The van der Waals surface area contributed by atoms with E-state index in [4.69, 9.17) is 14.2 Å². The Hall–Kier alpha value is -3.48. The fourth-order valence-electron chi connectivity index (χ4n) is 3.05. The molecule has 0 radical (unpaired) electrons. The first kappa shape index (κ1) is 19.3. The monoisotopic (exact) mass is 382 g/mol. The van der Waals surface area contributed by atoms with Gasteiger partial charge in [0.25, 0.3) is 5.91 Å². The van der Waals surface area contributed by atoms with Gasteiger partial charge in [-0.3, -0.25) is 14.2 Å². The van der Waals surface area contributed by atoms with Gasteiger partial charge in [-0.2, -0.15) is 0 Å². The number of fused-ring (bicyclic) bond motifs is 1. The van der Waals surface area contributed by atoms with Crippen LogP contribution in [0.1, 0.15) is 27.6 Å². The molecule has 1 heterocycles. The molecule has 28 heavy (non-hydrogen) atoms. The Morgan fingerprint density at radius 3 is 2.36 bits per heavy atom. The maximum absolute atomic E-state index is 12.8. The van der Waals surface area contributed by atoms with E-state index >= 15 is 0 Å². The van der Waals surface area contributed by atoms with E-state index in [0.717, 1.165) is 5.56 Å². The van der Waals surface area contributed by atoms with Crippen LogP contribution < -0.4 is 19.5 Å². The Bertz CT molecular complexity index is 1040. The molecule has 0 atom stereocenters. The van der Waals surface area contributed by atoms with Crippen LogP contribution in [0.15, 0.2) is 42.6 Å². The van der Waals surface area contributed by atoms with Gasteiger partial charge in [0, 0.05) is 25.1 Å². The summed E-state index contributed by atoms with van der Waals surface area (Å²) in [6, 6.07) is 10.7. The summed E-state index contributed by atoms with van der Waals surface area (Å²) in [6.07, 6.45) is 1.55. The second-order valence-electron chi connectivity index (χ2n) is 6.19. The van der Waals surface area contributed by atoms with Gasteiger partial charge in [-0.1, -0.05) is 6.07 Å². The molecular formula is C21H22N2O5. The number of carbonyl (C=O) groups excluding carboxylic acids is 2. The third-order valence-corrected chi connectivity index (χ3v) is 4.50. The number of carbonyl (C=O) groups is 2. The van der Waals surface area contributed by atoms with Crippen molar-refractivity contribution in [2.24, 2.45) is 0 Å². The van der Waals surface area contributed by atoms with Crippen LogP contribution >= 0.6 is 0 Å². The second-order valence-corrected chi connectivity index (χ2v) is 6.19. The number of benzene rings is 2. The van der Waals surface area contributed by atoms with E-state index in [2.05, 4.69) is 5.32 Å². The smallest absolute Gasteiger partial charge is 0.253 e. The standard InChI is InChI=1S/C21H22N2O5/c1-13(24)23-12-17(16-10-15(26-2)6-7-18(16)23)21(25)22-11-14-5-8-19(27-3)20(9-14)28-4/h5-10,12H,11H2,1-4H3,(H,22,25). The molecule has 0 bridgehead atoms. The van der Waals surface area contributed by atoms with Crippen molar-refractivity contribution >= 4 is 22.7 Å². The number of hydrogen-bond donors (Lipinski definition) is 1. The Balaban J connectivity index is 1.88. The molecule has 1 N–H and O–H groups in total. The third-order valence-electron chi connectivity index (χ3n) is 4.50. The highest BCUT2D eigenvalue weighted by atomic mass is 16.5. The molecule has 0 aliphatic heterocycles. The largest absolute Gasteiger partial charge is 0.497 e. The van der Waals surface area contributed by atoms with Crippen molar-refractivity contribution < 1.29 is 23.8 Å². The molecule has 2 aromatic carbocycles. The van der Waals surface area contributed by atoms with Crippen LogP contribution in [0.25, 0.3) is 10.9 Å². The molecule has 0 saturated carbocycles. The lowest BCUT2D eigenvalue weighted by atomic mass is 10.1. The molecule has 1 amide bonds. The minimum Gasteiger partial charge on any atom is -0.497 e. The predicted octanol–water partition coefficient (Wildman–Crippen LogP) is 3.26. The van der Waals surface area contributed by atoms with Gasteiger partial charge in [-0.05, 0) is 35.9 Å². The number of nitrogens with zero attached hydrogens (tertiary/aromatic N) is 1. The number of nitrogens with one attached hydrogen (secondary N) is 1. The lowest BCUT2D eigenvalue weighted by molar-refractivity contribution is 0.0941. The van der Waals surface area contributed by atoms with Gasteiger partial charge in [-0.15, -0.1) is 0 Å². The average molecular weight is 382 g/mol. The van der Waals surface area contributed by atoms with Gasteiger partial charge < -0.3 is 19.5 Å². The molecule has 0 saturated heterocycles. The minimum atomic E-state index is -0.284. The highest BCUT2D eigenvalue weighted by Gasteiger charge is 2.17. The summed E-state index contributed by atoms with van der Waals surface area (Å²) in [5.74, 6) is 1.37. The van der Waals surface area contributed by atoms with Crippen molar-refractivity contribution in [3.8, 4) is 17.2 Å². The SMILES string of the molecule is COc1ccc2c(c1)c(C(=O)NCc1ccc(OC)c(OC)c1)cn2C(C)=O. The van der Waals surface area contributed by atoms with Crippen LogP contribution in [-0.2, 0) is 6.54 Å². The van der Waals surface area contributed by atoms with E-state index in [1.54, 1.807) is 57.9 Å². The highest BCUT2D eigenvalue weighted by Crippen LogP contribution is 2.28. The predicted molar refractivity (Wildman–Crippen MR) is 106 cm³/mol. The molecule has 0 spiro atoms. The van der Waals surface area contributed by atoms with Gasteiger partial charge in [0.15, 0.2) is 11.5 Å². The molecule has 7 nitrogen and oxygen atoms in total. The first-order chi connectivity index (χ1) is 13.5. The van der Waals surface area contributed by atoms with E-state index < -0.39 is 0 Å². The van der Waals surface area contributed by atoms with Crippen molar-refractivity contribution in [1.29, 1.82) is 0 Å². The van der Waals surface area contributed by atoms with Crippen molar-refractivity contribution in [3.63, 3.8) is 0 Å². The maximum atomic E-state index is 12.8. The highest BCUT2D eigenvalue weighted by molar-refractivity contribution is 6.09. The Morgan fingerprint density at radius 1 is 0.964 bits per heavy atom. The molecule has 7 heteroatoms. The molecule has 0 fully saturated rings. The summed E-state index contributed by atoms with van der Waals surface area (Å²) in [6.45, 7) is 1.75. The van der Waals surface area contributed by atoms with Crippen LogP contribution in [0.4, 0.5) is 0 Å². The van der Waals surface area contributed by atoms with Gasteiger partial charge in [0.1, 0.15) is 5.75 Å². The summed E-state index contributed by atoms with van der Waals surface area (Å²) in [4.78, 5) is 24.7. The fraction of sp³-hybridized carbons (Fsp3) is 0.238. The molecular weight excluding hydrogens is 360 g/mol. The number of hydrogen-bond acceptors (Lipinski definition) is 5. The van der Waals surface area contributed by atoms with E-state index in [9.17, 15) is 9.59 Å². The normalized spacial score (nSPS) is 10.6. The lowest BCUT2D eigenvalue weighted by Crippen LogP contribution is -2.22. The van der Waals surface area contributed by atoms with Gasteiger partial charge in [0.05, 0.1) is 32.4 Å². The molecule has 0 unspecified atom stereocenters. The molecule has 3 aromatic rings. The lowest BCUT2D eigenvalue weighted by Gasteiger charge is -2.10. The van der Waals surface area contributed by atoms with Crippen LogP contribution in [0.2, 0.25) is 0 Å². The van der Waals surface area contributed by atoms with E-state index in [0.29, 0.717) is 40.3 Å². The van der Waals surface area contributed by atoms with Crippen LogP contribution in [0.3, 0.4) is 0 Å². The first-order valence-electron chi connectivity index (χ1n) is 8.67. The summed E-state index contributed by atoms with van der Waals surface area (Å²) >= 11 is 0. The van der Waals surface area contributed by atoms with Gasteiger partial charge >= 0.3 is 0 Å². The maximum Gasteiger partial charge on any atom is 0.253 e. The molecule has 1 aromatic heterocycles. The van der Waals surface area contributed by atoms with E-state index in [-0.39, 0.29) is 11.8 Å². The minimum absolute atomic E-state index is 0.172. The van der Waals surface area contributed by atoms with E-state index in [1.165, 1.54) is 11.5 Å². The zero-order chi connectivity index (χ0) is 20.3. The number of aromatic nitrogens is 1. The van der Waals surface area contributed by atoms with E-state index in [1.807, 2.05) is 6.07 Å². The zero-order valence-electron chi connectivity index (χ0n) is 16.2. The summed E-state index contributed by atoms with van der Waals surface area (Å²) in [5.41, 5.74) is 1.92. The third kappa shape index (κ3) is 3.64. The molecule has 3 rings (SSSR count). The Morgan fingerprint density at radius 2 is 1.71 bits per heavy atom. The van der Waals surface area contributed by atoms with Crippen molar-refractivity contribution in [2.75, 3.05) is 21.3 Å². The summed E-state index contributed by atoms with van der Waals surface area (Å²) in [5, 5.41) is 3.54. The number of ether oxygens (including phenoxy) is 3. The van der Waals surface area contributed by atoms with Crippen molar-refractivity contribution in [1.82, 2.24) is 9.88 Å². The topological polar surface area (TPSA) is 78.8 Å². The quantitative estimate of drug-likeness (QED) is 0.708. The first-order valence-corrected chi connectivity index (χ1v) is 8.67. The molecule has 0 aliphatic carbocycles. The number of amides is 1. The summed E-state index contributed by atoms with van der Waals surface area (Å²) < 4.78 is 17.2. The Kier molecular flexibility index (Phi) is 5.54. The van der Waals surface area contributed by atoms with Gasteiger partial charge in [-0.25, -0.2) is 0 Å². The van der Waals surface area contributed by atoms with Crippen molar-refractivity contribution in [2.45, 2.75) is 13.5 Å². The molecule has 146 valence electrons. The van der Waals surface area contributed by atoms with Crippen LogP contribution in [0.5, 0.6) is 17.2 Å². The van der Waals surface area contributed by atoms with Gasteiger partial charge in [0.2, 0.25) is 5.91 Å². The Labute approximate surface area is 162 Å². The average Bonchev–Trinajstić information content (AvgIpc) is 3.10. The number of rotatable bonds is 6.